The highest BCUT2D eigenvalue weighted by Crippen LogP contribution is 2.29. The highest BCUT2D eigenvalue weighted by atomic mass is 32.2. The topological polar surface area (TPSA) is 64.4 Å². The highest BCUT2D eigenvalue weighted by Gasteiger charge is 2.25. The van der Waals surface area contributed by atoms with Crippen LogP contribution in [0.3, 0.4) is 0 Å². The molecule has 0 bridgehead atoms. The van der Waals surface area contributed by atoms with E-state index < -0.39 is 0 Å². The van der Waals surface area contributed by atoms with E-state index in [4.69, 9.17) is 9.72 Å². The lowest BCUT2D eigenvalue weighted by Crippen LogP contribution is -2.34. The van der Waals surface area contributed by atoms with Gasteiger partial charge in [0.05, 0.1) is 35.3 Å². The van der Waals surface area contributed by atoms with E-state index in [1.54, 1.807) is 15.5 Å². The molecule has 0 aliphatic carbocycles. The standard InChI is InChI=1S/C29H29N3O3S/c1-31(27(21-11-4-2-5-12-21)22-13-6-3-7-14-22)26(33)20-36-29-30-25-17-9-8-16-24(25)28(34)32(29)19-23-15-10-18-35-23/h2-9,11-14,16-17,23,27H,10,15,18-20H2,1H3/t23-/m1/s1. The Hall–Kier alpha value is -3.42. The molecule has 1 aliphatic rings. The van der Waals surface area contributed by atoms with Crippen LogP contribution < -0.4 is 5.56 Å². The number of hydrogen-bond donors (Lipinski definition) is 0. The van der Waals surface area contributed by atoms with Crippen molar-refractivity contribution in [2.24, 2.45) is 0 Å². The van der Waals surface area contributed by atoms with E-state index in [9.17, 15) is 9.59 Å². The molecule has 0 saturated carbocycles. The van der Waals surface area contributed by atoms with Gasteiger partial charge in [0.1, 0.15) is 0 Å². The lowest BCUT2D eigenvalue weighted by atomic mass is 9.97. The molecule has 4 aromatic rings. The average Bonchev–Trinajstić information content (AvgIpc) is 3.44. The first-order valence-electron chi connectivity index (χ1n) is 12.2. The van der Waals surface area contributed by atoms with Gasteiger partial charge in [0, 0.05) is 13.7 Å². The molecule has 1 saturated heterocycles. The summed E-state index contributed by atoms with van der Waals surface area (Å²) in [5.74, 6) is 0.131. The minimum absolute atomic E-state index is 0.0103. The zero-order chi connectivity index (χ0) is 24.9. The number of ether oxygens (including phenoxy) is 1. The van der Waals surface area contributed by atoms with Crippen LogP contribution in [0.1, 0.15) is 30.0 Å². The van der Waals surface area contributed by atoms with Gasteiger partial charge in [-0.1, -0.05) is 84.6 Å². The second-order valence-corrected chi connectivity index (χ2v) is 9.92. The number of fused-ring (bicyclic) bond motifs is 1. The molecule has 36 heavy (non-hydrogen) atoms. The fraction of sp³-hybridized carbons (Fsp3) is 0.276. The van der Waals surface area contributed by atoms with Gasteiger partial charge in [-0.15, -0.1) is 0 Å². The first kappa shape index (κ1) is 24.3. The maximum atomic E-state index is 13.5. The van der Waals surface area contributed by atoms with Gasteiger partial charge >= 0.3 is 0 Å². The Morgan fingerprint density at radius 1 is 1.03 bits per heavy atom. The van der Waals surface area contributed by atoms with Crippen LogP contribution in [0.2, 0.25) is 0 Å². The zero-order valence-electron chi connectivity index (χ0n) is 20.2. The fourth-order valence-electron chi connectivity index (χ4n) is 4.69. The van der Waals surface area contributed by atoms with Gasteiger partial charge in [-0.25, -0.2) is 4.98 Å². The molecule has 5 rings (SSSR count). The molecular weight excluding hydrogens is 470 g/mol. The lowest BCUT2D eigenvalue weighted by molar-refractivity contribution is -0.128. The SMILES string of the molecule is CN(C(=O)CSc1nc2ccccc2c(=O)n1C[C@H]1CCCO1)C(c1ccccc1)c1ccccc1. The lowest BCUT2D eigenvalue weighted by Gasteiger charge is -2.29. The van der Waals surface area contributed by atoms with Crippen LogP contribution >= 0.6 is 11.8 Å². The number of rotatable bonds is 8. The molecule has 3 aromatic carbocycles. The first-order valence-corrected chi connectivity index (χ1v) is 13.2. The second kappa shape index (κ2) is 11.1. The summed E-state index contributed by atoms with van der Waals surface area (Å²) in [6, 6.07) is 27.2. The minimum atomic E-state index is -0.209. The van der Waals surface area contributed by atoms with E-state index in [1.807, 2.05) is 85.9 Å². The predicted octanol–water partition coefficient (Wildman–Crippen LogP) is 4.92. The van der Waals surface area contributed by atoms with Gasteiger partial charge in [0.2, 0.25) is 5.91 Å². The smallest absolute Gasteiger partial charge is 0.262 e. The molecular formula is C29H29N3O3S. The zero-order valence-corrected chi connectivity index (χ0v) is 21.1. The number of para-hydroxylation sites is 1. The van der Waals surface area contributed by atoms with Crippen molar-refractivity contribution in [3.8, 4) is 0 Å². The molecule has 6 nitrogen and oxygen atoms in total. The summed E-state index contributed by atoms with van der Waals surface area (Å²) in [4.78, 5) is 33.4. The number of amides is 1. The van der Waals surface area contributed by atoms with E-state index >= 15 is 0 Å². The Kier molecular flexibility index (Phi) is 7.49. The molecule has 0 spiro atoms. The minimum Gasteiger partial charge on any atom is -0.376 e. The van der Waals surface area contributed by atoms with E-state index in [0.717, 1.165) is 24.0 Å². The molecule has 7 heteroatoms. The van der Waals surface area contributed by atoms with Crippen molar-refractivity contribution in [3.63, 3.8) is 0 Å². The Balaban J connectivity index is 1.41. The molecule has 0 unspecified atom stereocenters. The predicted molar refractivity (Wildman–Crippen MR) is 143 cm³/mol. The molecule has 1 aromatic heterocycles. The Bertz CT molecular complexity index is 1350. The number of nitrogens with zero attached hydrogens (tertiary/aromatic N) is 3. The summed E-state index contributed by atoms with van der Waals surface area (Å²) in [5, 5.41) is 1.13. The van der Waals surface area contributed by atoms with E-state index in [1.165, 1.54) is 11.8 Å². The summed E-state index contributed by atoms with van der Waals surface area (Å²) in [6.45, 7) is 1.16. The van der Waals surface area contributed by atoms with Crippen LogP contribution in [-0.4, -0.2) is 45.9 Å². The third-order valence-corrected chi connectivity index (χ3v) is 7.53. The highest BCUT2D eigenvalue weighted by molar-refractivity contribution is 7.99. The van der Waals surface area contributed by atoms with Crippen molar-refractivity contribution in [3.05, 3.63) is 106 Å². The molecule has 0 radical (unpaired) electrons. The molecule has 1 atom stereocenters. The molecule has 2 heterocycles. The van der Waals surface area contributed by atoms with Crippen LogP contribution in [0.15, 0.2) is 94.9 Å². The van der Waals surface area contributed by atoms with Gasteiger partial charge in [-0.05, 0) is 36.1 Å². The maximum Gasteiger partial charge on any atom is 0.262 e. The molecule has 1 aliphatic heterocycles. The van der Waals surface area contributed by atoms with Gasteiger partial charge in [-0.2, -0.15) is 0 Å². The van der Waals surface area contributed by atoms with Crippen molar-refractivity contribution >= 4 is 28.6 Å². The van der Waals surface area contributed by atoms with Crippen molar-refractivity contribution in [2.75, 3.05) is 19.4 Å². The molecule has 1 fully saturated rings. The Morgan fingerprint density at radius 2 is 1.67 bits per heavy atom. The van der Waals surface area contributed by atoms with Crippen LogP contribution in [0.5, 0.6) is 0 Å². The van der Waals surface area contributed by atoms with Crippen LogP contribution in [-0.2, 0) is 16.1 Å². The largest absolute Gasteiger partial charge is 0.376 e. The van der Waals surface area contributed by atoms with Crippen molar-refractivity contribution in [2.45, 2.75) is 36.7 Å². The summed E-state index contributed by atoms with van der Waals surface area (Å²) < 4.78 is 7.48. The van der Waals surface area contributed by atoms with Gasteiger partial charge < -0.3 is 9.64 Å². The number of benzene rings is 3. The average molecular weight is 500 g/mol. The summed E-state index contributed by atoms with van der Waals surface area (Å²) in [5.41, 5.74) is 2.64. The van der Waals surface area contributed by atoms with Crippen molar-refractivity contribution in [1.29, 1.82) is 0 Å². The number of aromatic nitrogens is 2. The van der Waals surface area contributed by atoms with Crippen molar-refractivity contribution < 1.29 is 9.53 Å². The number of carbonyl (C=O) groups is 1. The van der Waals surface area contributed by atoms with Gasteiger partial charge in [-0.3, -0.25) is 14.2 Å². The maximum absolute atomic E-state index is 13.5. The Labute approximate surface area is 214 Å². The molecule has 0 N–H and O–H groups in total. The third-order valence-electron chi connectivity index (χ3n) is 6.57. The number of hydrogen-bond acceptors (Lipinski definition) is 5. The summed E-state index contributed by atoms with van der Waals surface area (Å²) in [6.07, 6.45) is 1.90. The quantitative estimate of drug-likeness (QED) is 0.254. The van der Waals surface area contributed by atoms with E-state index in [2.05, 4.69) is 0 Å². The van der Waals surface area contributed by atoms with Gasteiger partial charge in [0.15, 0.2) is 5.16 Å². The van der Waals surface area contributed by atoms with Crippen LogP contribution in [0, 0.1) is 0 Å². The second-order valence-electron chi connectivity index (χ2n) is 8.98. The molecule has 1 amide bonds. The normalized spacial score (nSPS) is 15.4. The first-order chi connectivity index (χ1) is 17.6. The van der Waals surface area contributed by atoms with E-state index in [0.29, 0.717) is 29.2 Å². The van der Waals surface area contributed by atoms with Crippen LogP contribution in [0.25, 0.3) is 10.9 Å². The summed E-state index contributed by atoms with van der Waals surface area (Å²) in [7, 11) is 1.83. The van der Waals surface area contributed by atoms with Crippen molar-refractivity contribution in [1.82, 2.24) is 14.5 Å². The monoisotopic (exact) mass is 499 g/mol. The van der Waals surface area contributed by atoms with Gasteiger partial charge in [0.25, 0.3) is 5.56 Å². The number of thioether (sulfide) groups is 1. The number of carbonyl (C=O) groups excluding carboxylic acids is 1. The van der Waals surface area contributed by atoms with E-state index in [-0.39, 0.29) is 29.4 Å². The van der Waals surface area contributed by atoms with Crippen LogP contribution in [0.4, 0.5) is 0 Å². The molecule has 184 valence electrons. The fourth-order valence-corrected chi connectivity index (χ4v) is 5.63. The summed E-state index contributed by atoms with van der Waals surface area (Å²) >= 11 is 1.31. The third kappa shape index (κ3) is 5.22. The Morgan fingerprint density at radius 3 is 2.31 bits per heavy atom.